The van der Waals surface area contributed by atoms with Crippen LogP contribution in [0.1, 0.15) is 34.6 Å². The number of aromatic amines is 1. The number of aromatic nitrogens is 3. The number of carbonyl (C=O) groups excluding carboxylic acids is 2. The maximum absolute atomic E-state index is 12.9. The van der Waals surface area contributed by atoms with Crippen LogP contribution in [0.15, 0.2) is 35.3 Å². The monoisotopic (exact) mass is 398 g/mol. The lowest BCUT2D eigenvalue weighted by molar-refractivity contribution is -0.122. The molecule has 0 radical (unpaired) electrons. The molecule has 2 aliphatic rings. The quantitative estimate of drug-likeness (QED) is 0.741. The van der Waals surface area contributed by atoms with Gasteiger partial charge in [-0.05, 0) is 38.6 Å². The van der Waals surface area contributed by atoms with Crippen molar-refractivity contribution in [2.24, 2.45) is 5.92 Å². The summed E-state index contributed by atoms with van der Waals surface area (Å²) >= 11 is 0. The van der Waals surface area contributed by atoms with Crippen molar-refractivity contribution in [2.45, 2.75) is 18.4 Å². The van der Waals surface area contributed by atoms with Crippen molar-refractivity contribution in [3.8, 4) is 0 Å². The molecule has 4 heterocycles. The second-order valence-corrected chi connectivity index (χ2v) is 8.14. The number of carbonyl (C=O) groups is 2. The van der Waals surface area contributed by atoms with E-state index in [4.69, 9.17) is 0 Å². The highest BCUT2D eigenvalue weighted by atomic mass is 16.2. The number of hydrogen-bond donors (Lipinski definition) is 2. The summed E-state index contributed by atoms with van der Waals surface area (Å²) in [5, 5.41) is 9.58. The molecular weight excluding hydrogens is 372 g/mol. The van der Waals surface area contributed by atoms with Gasteiger partial charge < -0.3 is 19.7 Å². The van der Waals surface area contributed by atoms with Crippen molar-refractivity contribution < 1.29 is 9.59 Å². The number of nitrogens with zero attached hydrogens (tertiary/aromatic N) is 4. The molecule has 9 nitrogen and oxygen atoms in total. The number of piperidine rings is 1. The number of H-pyrrole nitrogens is 1. The Morgan fingerprint density at radius 3 is 2.83 bits per heavy atom. The number of rotatable bonds is 5. The molecule has 2 N–H and O–H groups in total. The fourth-order valence-electron chi connectivity index (χ4n) is 4.58. The van der Waals surface area contributed by atoms with E-state index in [0.29, 0.717) is 31.9 Å². The van der Waals surface area contributed by atoms with Crippen LogP contribution in [0.4, 0.5) is 0 Å². The Balaban J connectivity index is 1.61. The molecule has 154 valence electrons. The fraction of sp³-hybridized carbons (Fsp3) is 0.500. The first kappa shape index (κ1) is 19.4. The number of likely N-dealkylation sites (N-methyl/N-ethyl adjacent to an activating group) is 1. The molecule has 2 aromatic rings. The van der Waals surface area contributed by atoms with Crippen LogP contribution in [0.2, 0.25) is 0 Å². The first-order valence-corrected chi connectivity index (χ1v) is 9.85. The lowest BCUT2D eigenvalue weighted by Gasteiger charge is -2.46. The first-order chi connectivity index (χ1) is 13.9. The summed E-state index contributed by atoms with van der Waals surface area (Å²) in [5.74, 6) is 0.0271. The van der Waals surface area contributed by atoms with Gasteiger partial charge >= 0.3 is 0 Å². The van der Waals surface area contributed by atoms with E-state index in [-0.39, 0.29) is 35.3 Å². The lowest BCUT2D eigenvalue weighted by Crippen LogP contribution is -2.53. The van der Waals surface area contributed by atoms with Gasteiger partial charge in [0.1, 0.15) is 5.69 Å². The molecule has 2 aromatic heterocycles. The molecule has 0 saturated carbocycles. The van der Waals surface area contributed by atoms with Crippen LogP contribution in [0.25, 0.3) is 0 Å². The number of pyridine rings is 1. The second-order valence-electron chi connectivity index (χ2n) is 8.14. The number of fused-ring (bicyclic) bond motifs is 4. The van der Waals surface area contributed by atoms with E-state index in [2.05, 4.69) is 15.5 Å². The van der Waals surface area contributed by atoms with Gasteiger partial charge in [0.2, 0.25) is 5.91 Å². The Morgan fingerprint density at radius 1 is 1.28 bits per heavy atom. The van der Waals surface area contributed by atoms with Crippen LogP contribution in [0.3, 0.4) is 0 Å². The Hall–Kier alpha value is -2.94. The van der Waals surface area contributed by atoms with Crippen molar-refractivity contribution in [1.82, 2.24) is 29.9 Å². The summed E-state index contributed by atoms with van der Waals surface area (Å²) in [6, 6.07) is 6.78. The first-order valence-electron chi connectivity index (χ1n) is 9.85. The Morgan fingerprint density at radius 2 is 2.10 bits per heavy atom. The van der Waals surface area contributed by atoms with E-state index in [0.717, 1.165) is 12.1 Å². The maximum Gasteiger partial charge on any atom is 0.271 e. The third kappa shape index (κ3) is 3.82. The SMILES string of the molecule is CN(C)CC(=O)NC[C@H]1[C@H]2C[C@H](CN(C(=O)c3ccn[nH]3)C2)c2cccc(=O)n21. The van der Waals surface area contributed by atoms with Gasteiger partial charge in [-0.1, -0.05) is 6.07 Å². The molecule has 2 bridgehead atoms. The van der Waals surface area contributed by atoms with Crippen LogP contribution < -0.4 is 10.9 Å². The predicted molar refractivity (Wildman–Crippen MR) is 107 cm³/mol. The smallest absolute Gasteiger partial charge is 0.271 e. The van der Waals surface area contributed by atoms with Crippen molar-refractivity contribution in [3.63, 3.8) is 0 Å². The van der Waals surface area contributed by atoms with E-state index in [9.17, 15) is 14.4 Å². The summed E-state index contributed by atoms with van der Waals surface area (Å²) in [6.07, 6.45) is 2.46. The highest BCUT2D eigenvalue weighted by Gasteiger charge is 2.42. The van der Waals surface area contributed by atoms with Gasteiger partial charge in [-0.15, -0.1) is 0 Å². The van der Waals surface area contributed by atoms with E-state index < -0.39 is 0 Å². The molecule has 1 fully saturated rings. The second kappa shape index (κ2) is 7.82. The lowest BCUT2D eigenvalue weighted by atomic mass is 9.78. The number of nitrogens with one attached hydrogen (secondary N) is 2. The van der Waals surface area contributed by atoms with Crippen molar-refractivity contribution >= 4 is 11.8 Å². The molecule has 0 aromatic carbocycles. The third-order valence-corrected chi connectivity index (χ3v) is 5.78. The molecule has 9 heteroatoms. The van der Waals surface area contributed by atoms with Gasteiger partial charge in [0.25, 0.3) is 11.5 Å². The van der Waals surface area contributed by atoms with E-state index in [1.807, 2.05) is 29.6 Å². The van der Waals surface area contributed by atoms with Crippen LogP contribution in [-0.4, -0.2) is 76.7 Å². The van der Waals surface area contributed by atoms with Gasteiger partial charge in [-0.3, -0.25) is 19.5 Å². The van der Waals surface area contributed by atoms with Crippen LogP contribution in [-0.2, 0) is 4.79 Å². The molecular formula is C20H26N6O3. The molecule has 29 heavy (non-hydrogen) atoms. The molecule has 3 atom stereocenters. The fourth-order valence-corrected chi connectivity index (χ4v) is 4.58. The van der Waals surface area contributed by atoms with Gasteiger partial charge in [-0.25, -0.2) is 0 Å². The molecule has 4 rings (SSSR count). The largest absolute Gasteiger partial charge is 0.353 e. The summed E-state index contributed by atoms with van der Waals surface area (Å²) in [7, 11) is 3.68. The average molecular weight is 398 g/mol. The Kier molecular flexibility index (Phi) is 5.23. The number of amides is 2. The summed E-state index contributed by atoms with van der Waals surface area (Å²) in [5.41, 5.74) is 1.34. The average Bonchev–Trinajstić information content (AvgIpc) is 3.22. The summed E-state index contributed by atoms with van der Waals surface area (Å²) in [6.45, 7) is 1.77. The van der Waals surface area contributed by atoms with Gasteiger partial charge in [0, 0.05) is 43.5 Å². The van der Waals surface area contributed by atoms with Crippen molar-refractivity contribution in [3.05, 3.63) is 52.2 Å². The van der Waals surface area contributed by atoms with Gasteiger partial charge in [0.15, 0.2) is 0 Å². The summed E-state index contributed by atoms with van der Waals surface area (Å²) in [4.78, 5) is 41.4. The van der Waals surface area contributed by atoms with Crippen LogP contribution in [0.5, 0.6) is 0 Å². The molecule has 2 amide bonds. The molecule has 1 saturated heterocycles. The molecule has 0 unspecified atom stereocenters. The minimum Gasteiger partial charge on any atom is -0.353 e. The minimum absolute atomic E-state index is 0.0580. The van der Waals surface area contributed by atoms with Crippen molar-refractivity contribution in [2.75, 3.05) is 40.3 Å². The van der Waals surface area contributed by atoms with E-state index in [1.54, 1.807) is 29.3 Å². The minimum atomic E-state index is -0.182. The zero-order valence-electron chi connectivity index (χ0n) is 16.7. The summed E-state index contributed by atoms with van der Waals surface area (Å²) < 4.78 is 1.83. The van der Waals surface area contributed by atoms with Gasteiger partial charge in [-0.2, -0.15) is 5.10 Å². The van der Waals surface area contributed by atoms with Crippen molar-refractivity contribution in [1.29, 1.82) is 0 Å². The van der Waals surface area contributed by atoms with E-state index >= 15 is 0 Å². The normalized spacial score (nSPS) is 23.0. The number of likely N-dealkylation sites (tertiary alicyclic amines) is 1. The molecule has 0 spiro atoms. The topological polar surface area (TPSA) is 103 Å². The standard InChI is InChI=1S/C20H26N6O3/c1-24(2)12-18(27)21-9-17-14-8-13(16-4-3-5-19(28)26(16)17)10-25(11-14)20(29)15-6-7-22-23-15/h3-7,13-14,17H,8-12H2,1-2H3,(H,21,27)(H,22,23)/t13-,14+,17+/m1/s1. The maximum atomic E-state index is 12.9. The zero-order valence-corrected chi connectivity index (χ0v) is 16.7. The highest BCUT2D eigenvalue weighted by Crippen LogP contribution is 2.41. The van der Waals surface area contributed by atoms with Gasteiger partial charge in [0.05, 0.1) is 12.6 Å². The molecule has 2 aliphatic heterocycles. The third-order valence-electron chi connectivity index (χ3n) is 5.78. The zero-order chi connectivity index (χ0) is 20.5. The highest BCUT2D eigenvalue weighted by molar-refractivity contribution is 5.92. The predicted octanol–water partition coefficient (Wildman–Crippen LogP) is 0.0498. The molecule has 0 aliphatic carbocycles. The Labute approximate surface area is 168 Å². The van der Waals surface area contributed by atoms with Crippen LogP contribution >= 0.6 is 0 Å². The Bertz CT molecular complexity index is 951. The van der Waals surface area contributed by atoms with Crippen LogP contribution in [0, 0.1) is 5.92 Å². The number of hydrogen-bond acceptors (Lipinski definition) is 5. The van der Waals surface area contributed by atoms with E-state index in [1.165, 1.54) is 0 Å².